The summed E-state index contributed by atoms with van der Waals surface area (Å²) in [6, 6.07) is 27.5. The first-order chi connectivity index (χ1) is 16.7. The van der Waals surface area contributed by atoms with Crippen molar-refractivity contribution in [3.63, 3.8) is 0 Å². The number of carbonyl (C=O) groups excluding carboxylic acids is 1. The summed E-state index contributed by atoms with van der Waals surface area (Å²) in [6.07, 6.45) is 2.10. The van der Waals surface area contributed by atoms with Crippen LogP contribution in [0.25, 0.3) is 5.70 Å². The van der Waals surface area contributed by atoms with Gasteiger partial charge in [-0.25, -0.2) is 0 Å². The van der Waals surface area contributed by atoms with Gasteiger partial charge in [0.05, 0.1) is 12.8 Å². The summed E-state index contributed by atoms with van der Waals surface area (Å²) in [5, 5.41) is 15.4. The molecule has 5 rings (SSSR count). The summed E-state index contributed by atoms with van der Waals surface area (Å²) in [4.78, 5) is 14.9. The van der Waals surface area contributed by atoms with Gasteiger partial charge in [-0.05, 0) is 45.3 Å². The molecule has 0 unspecified atom stereocenters. The van der Waals surface area contributed by atoms with E-state index in [9.17, 15) is 4.79 Å². The number of nitrogens with one attached hydrogen (secondary N) is 1. The number of allylic oxidation sites excluding steroid dienone is 1. The molecule has 2 heterocycles. The largest absolute Gasteiger partial charge is 0.497 e. The minimum Gasteiger partial charge on any atom is -0.497 e. The molecule has 0 bridgehead atoms. The van der Waals surface area contributed by atoms with Gasteiger partial charge >= 0.3 is 0 Å². The molecule has 1 amide bonds. The molecule has 1 atom stereocenters. The molecule has 8 heteroatoms. The number of carbonyl (C=O) groups is 1. The van der Waals surface area contributed by atoms with Gasteiger partial charge in [0.15, 0.2) is 0 Å². The Morgan fingerprint density at radius 1 is 1.00 bits per heavy atom. The normalized spacial score (nSPS) is 14.8. The maximum Gasteiger partial charge on any atom is 0.251 e. The van der Waals surface area contributed by atoms with Crippen molar-refractivity contribution in [2.24, 2.45) is 0 Å². The maximum absolute atomic E-state index is 13.0. The summed E-state index contributed by atoms with van der Waals surface area (Å²) < 4.78 is 7.02. The Morgan fingerprint density at radius 3 is 2.53 bits per heavy atom. The summed E-state index contributed by atoms with van der Waals surface area (Å²) in [5.74, 6) is 1.13. The number of fused-ring (bicyclic) bond motifs is 1. The number of amides is 1. The third-order valence-electron chi connectivity index (χ3n) is 5.72. The van der Waals surface area contributed by atoms with Crippen LogP contribution in [0.4, 0.5) is 5.95 Å². The lowest BCUT2D eigenvalue weighted by Crippen LogP contribution is -2.39. The Labute approximate surface area is 197 Å². The third-order valence-corrected chi connectivity index (χ3v) is 5.72. The summed E-state index contributed by atoms with van der Waals surface area (Å²) in [5.41, 5.74) is 3.89. The van der Waals surface area contributed by atoms with Crippen molar-refractivity contribution in [3.8, 4) is 5.75 Å². The Balaban J connectivity index is 1.43. The van der Waals surface area contributed by atoms with Gasteiger partial charge in [0, 0.05) is 6.54 Å². The smallest absolute Gasteiger partial charge is 0.251 e. The van der Waals surface area contributed by atoms with E-state index >= 15 is 0 Å². The number of aromatic nitrogens is 4. The van der Waals surface area contributed by atoms with Gasteiger partial charge < -0.3 is 10.1 Å². The van der Waals surface area contributed by atoms with E-state index in [-0.39, 0.29) is 18.5 Å². The van der Waals surface area contributed by atoms with E-state index in [1.165, 1.54) is 0 Å². The van der Waals surface area contributed by atoms with E-state index in [2.05, 4.69) is 26.9 Å². The van der Waals surface area contributed by atoms with E-state index in [1.54, 1.807) is 11.8 Å². The van der Waals surface area contributed by atoms with E-state index < -0.39 is 0 Å². The molecule has 1 aliphatic rings. The molecule has 34 heavy (non-hydrogen) atoms. The molecule has 0 radical (unpaired) electrons. The van der Waals surface area contributed by atoms with Gasteiger partial charge in [-0.3, -0.25) is 9.69 Å². The average Bonchev–Trinajstić information content (AvgIpc) is 3.39. The zero-order chi connectivity index (χ0) is 23.3. The summed E-state index contributed by atoms with van der Waals surface area (Å²) in [6.45, 7) is 0.471. The fraction of sp³-hybridized carbons (Fsp3) is 0.154. The predicted molar refractivity (Wildman–Crippen MR) is 129 cm³/mol. The van der Waals surface area contributed by atoms with Gasteiger partial charge in [-0.2, -0.15) is 4.68 Å². The van der Waals surface area contributed by atoms with Crippen molar-refractivity contribution in [1.29, 1.82) is 0 Å². The van der Waals surface area contributed by atoms with Gasteiger partial charge in [0.1, 0.15) is 18.3 Å². The molecule has 0 aliphatic carbocycles. The van der Waals surface area contributed by atoms with Crippen molar-refractivity contribution in [2.75, 3.05) is 18.6 Å². The SMILES string of the molecule is COc1cccc(CNC(=O)CN2C(c3ccccc3)=C[C@@H](c3ccccc3)n3nnnc32)c1. The lowest BCUT2D eigenvalue weighted by Gasteiger charge is -2.32. The van der Waals surface area contributed by atoms with Crippen LogP contribution in [0.3, 0.4) is 0 Å². The number of tetrazole rings is 1. The first kappa shape index (κ1) is 21.4. The van der Waals surface area contributed by atoms with Crippen LogP contribution < -0.4 is 15.0 Å². The van der Waals surface area contributed by atoms with E-state index in [0.29, 0.717) is 12.5 Å². The van der Waals surface area contributed by atoms with Crippen LogP contribution >= 0.6 is 0 Å². The highest BCUT2D eigenvalue weighted by atomic mass is 16.5. The topological polar surface area (TPSA) is 85.2 Å². The molecule has 0 fully saturated rings. The van der Waals surface area contributed by atoms with Crippen LogP contribution in [-0.4, -0.2) is 39.8 Å². The van der Waals surface area contributed by atoms with Crippen LogP contribution in [0, 0.1) is 0 Å². The van der Waals surface area contributed by atoms with Gasteiger partial charge in [0.25, 0.3) is 5.95 Å². The minimum atomic E-state index is -0.183. The number of hydrogen-bond acceptors (Lipinski definition) is 6. The second-order valence-corrected chi connectivity index (χ2v) is 7.91. The maximum atomic E-state index is 13.0. The van der Waals surface area contributed by atoms with Gasteiger partial charge in [-0.15, -0.1) is 0 Å². The average molecular weight is 453 g/mol. The minimum absolute atomic E-state index is 0.0760. The first-order valence-electron chi connectivity index (χ1n) is 11.0. The van der Waals surface area contributed by atoms with Crippen molar-refractivity contribution >= 4 is 17.6 Å². The van der Waals surface area contributed by atoms with E-state index in [1.807, 2.05) is 89.8 Å². The highest BCUT2D eigenvalue weighted by Crippen LogP contribution is 2.35. The van der Waals surface area contributed by atoms with E-state index in [4.69, 9.17) is 4.74 Å². The van der Waals surface area contributed by atoms with Crippen molar-refractivity contribution < 1.29 is 9.53 Å². The fourth-order valence-electron chi connectivity index (χ4n) is 4.05. The second kappa shape index (κ2) is 9.58. The molecule has 4 aromatic rings. The molecule has 3 aromatic carbocycles. The molecule has 0 spiro atoms. The zero-order valence-corrected chi connectivity index (χ0v) is 18.7. The fourth-order valence-corrected chi connectivity index (χ4v) is 4.05. The summed E-state index contributed by atoms with van der Waals surface area (Å²) in [7, 11) is 1.62. The second-order valence-electron chi connectivity index (χ2n) is 7.91. The molecule has 1 aromatic heterocycles. The van der Waals surface area contributed by atoms with E-state index in [0.717, 1.165) is 28.1 Å². The third kappa shape index (κ3) is 4.38. The molecule has 1 N–H and O–H groups in total. The monoisotopic (exact) mass is 452 g/mol. The lowest BCUT2D eigenvalue weighted by molar-refractivity contribution is -0.119. The number of hydrogen-bond donors (Lipinski definition) is 1. The highest BCUT2D eigenvalue weighted by Gasteiger charge is 2.31. The molecule has 8 nitrogen and oxygen atoms in total. The Morgan fingerprint density at radius 2 is 1.76 bits per heavy atom. The number of ether oxygens (including phenoxy) is 1. The molecular weight excluding hydrogens is 428 g/mol. The van der Waals surface area contributed by atoms with Crippen LogP contribution in [0.1, 0.15) is 22.7 Å². The van der Waals surface area contributed by atoms with Crippen LogP contribution in [0.15, 0.2) is 91.0 Å². The summed E-state index contributed by atoms with van der Waals surface area (Å²) >= 11 is 0. The predicted octanol–water partition coefficient (Wildman–Crippen LogP) is 3.45. The van der Waals surface area contributed by atoms with Crippen molar-refractivity contribution in [3.05, 3.63) is 108 Å². The number of methoxy groups -OCH3 is 1. The zero-order valence-electron chi connectivity index (χ0n) is 18.7. The molecule has 170 valence electrons. The highest BCUT2D eigenvalue weighted by molar-refractivity contribution is 5.89. The van der Waals surface area contributed by atoms with Crippen LogP contribution in [-0.2, 0) is 11.3 Å². The first-order valence-corrected chi connectivity index (χ1v) is 11.0. The standard InChI is InChI=1S/C26H24N6O2/c1-34-22-14-8-9-19(15-22)17-27-25(33)18-31-23(20-10-4-2-5-11-20)16-24(21-12-6-3-7-13-21)32-26(31)28-29-30-32/h2-16,24H,17-18H2,1H3,(H,27,33)/t24-/m0/s1. The Bertz CT molecular complexity index is 1300. The number of nitrogens with zero attached hydrogens (tertiary/aromatic N) is 5. The van der Waals surface area contributed by atoms with Crippen molar-refractivity contribution in [2.45, 2.75) is 12.6 Å². The quantitative estimate of drug-likeness (QED) is 0.462. The van der Waals surface area contributed by atoms with Crippen LogP contribution in [0.5, 0.6) is 5.75 Å². The number of rotatable bonds is 7. The Hall–Kier alpha value is -4.46. The number of benzene rings is 3. The molecular formula is C26H24N6O2. The molecule has 1 aliphatic heterocycles. The van der Waals surface area contributed by atoms with Crippen molar-refractivity contribution in [1.82, 2.24) is 25.5 Å². The van der Waals surface area contributed by atoms with Gasteiger partial charge in [-0.1, -0.05) is 77.9 Å². The van der Waals surface area contributed by atoms with Crippen LogP contribution in [0.2, 0.25) is 0 Å². The molecule has 0 saturated heterocycles. The van der Waals surface area contributed by atoms with Gasteiger partial charge in [0.2, 0.25) is 5.91 Å². The number of anilines is 1. The Kier molecular flexibility index (Phi) is 6.03. The molecule has 0 saturated carbocycles. The lowest BCUT2D eigenvalue weighted by atomic mass is 10.0.